The van der Waals surface area contributed by atoms with Crippen molar-refractivity contribution in [3.63, 3.8) is 0 Å². The molecule has 1 aromatic heterocycles. The second kappa shape index (κ2) is 7.99. The number of pyridine rings is 1. The van der Waals surface area contributed by atoms with E-state index in [9.17, 15) is 34.8 Å². The Bertz CT molecular complexity index is 1150. The van der Waals surface area contributed by atoms with Crippen LogP contribution in [0.15, 0.2) is 41.4 Å². The predicted molar refractivity (Wildman–Crippen MR) is 95.3 cm³/mol. The van der Waals surface area contributed by atoms with E-state index in [1.807, 2.05) is 0 Å². The van der Waals surface area contributed by atoms with Gasteiger partial charge in [-0.2, -0.15) is 21.6 Å². The maximum absolute atomic E-state index is 12.4. The summed E-state index contributed by atoms with van der Waals surface area (Å²) < 4.78 is 86.7. The molecule has 1 N–H and O–H groups in total. The summed E-state index contributed by atoms with van der Waals surface area (Å²) >= 11 is 0. The number of halogens is 3. The molecule has 158 valence electrons. The van der Waals surface area contributed by atoms with Crippen molar-refractivity contribution in [1.82, 2.24) is 10.3 Å². The highest BCUT2D eigenvalue weighted by Gasteiger charge is 2.48. The highest BCUT2D eigenvalue weighted by molar-refractivity contribution is 7.90. The number of nitrogens with one attached hydrogen (secondary N) is 1. The number of hydrogen-bond donors (Lipinski definition) is 1. The molecule has 0 aliphatic heterocycles. The number of sulfone groups is 1. The average molecular weight is 452 g/mol. The Labute approximate surface area is 164 Å². The number of alkyl halides is 3. The monoisotopic (exact) mass is 452 g/mol. The second-order valence-corrected chi connectivity index (χ2v) is 9.42. The van der Waals surface area contributed by atoms with Crippen molar-refractivity contribution in [3.05, 3.63) is 53.3 Å². The summed E-state index contributed by atoms with van der Waals surface area (Å²) in [4.78, 5) is 16.0. The number of carbonyl (C=O) groups excluding carboxylic acids is 1. The standard InChI is InChI=1S/C16H15F3N2O6S2/c1-10-3-4-11(7-14(10)28(2,23)24)15(22)21-9-12-8-13(5-6-20-12)27-29(25,26)16(17,18)19/h3-8H,9H2,1-2H3,(H,21,22). The average Bonchev–Trinajstić information content (AvgIpc) is 2.58. The minimum absolute atomic E-state index is 0.0173. The van der Waals surface area contributed by atoms with Gasteiger partial charge in [0.05, 0.1) is 17.1 Å². The smallest absolute Gasteiger partial charge is 0.376 e. The van der Waals surface area contributed by atoms with Crippen LogP contribution in [0.2, 0.25) is 0 Å². The number of hydrogen-bond acceptors (Lipinski definition) is 7. The van der Waals surface area contributed by atoms with Gasteiger partial charge >= 0.3 is 15.6 Å². The zero-order chi connectivity index (χ0) is 22.0. The Morgan fingerprint density at radius 1 is 1.14 bits per heavy atom. The molecule has 0 spiro atoms. The summed E-state index contributed by atoms with van der Waals surface area (Å²) in [6.45, 7) is 1.30. The SMILES string of the molecule is Cc1ccc(C(=O)NCc2cc(OS(=O)(=O)C(F)(F)F)ccn2)cc1S(C)(=O)=O. The van der Waals surface area contributed by atoms with E-state index in [1.54, 1.807) is 6.92 Å². The third-order valence-corrected chi connectivity index (χ3v) is 5.77. The van der Waals surface area contributed by atoms with Crippen LogP contribution in [0.3, 0.4) is 0 Å². The lowest BCUT2D eigenvalue weighted by molar-refractivity contribution is -0.0500. The molecule has 0 fully saturated rings. The van der Waals surface area contributed by atoms with E-state index in [-0.39, 0.29) is 22.7 Å². The van der Waals surface area contributed by atoms with E-state index >= 15 is 0 Å². The highest BCUT2D eigenvalue weighted by Crippen LogP contribution is 2.27. The molecule has 2 rings (SSSR count). The zero-order valence-electron chi connectivity index (χ0n) is 15.0. The first-order valence-corrected chi connectivity index (χ1v) is 11.1. The van der Waals surface area contributed by atoms with E-state index in [0.717, 1.165) is 24.6 Å². The van der Waals surface area contributed by atoms with E-state index in [0.29, 0.717) is 5.56 Å². The molecule has 0 bridgehead atoms. The van der Waals surface area contributed by atoms with Crippen molar-refractivity contribution in [2.24, 2.45) is 0 Å². The van der Waals surface area contributed by atoms with Crippen LogP contribution in [-0.2, 0) is 26.5 Å². The number of rotatable bonds is 6. The normalized spacial score (nSPS) is 12.4. The van der Waals surface area contributed by atoms with E-state index in [1.165, 1.54) is 18.2 Å². The molecule has 0 radical (unpaired) electrons. The molecule has 1 amide bonds. The maximum atomic E-state index is 12.4. The van der Waals surface area contributed by atoms with Gasteiger partial charge in [0.15, 0.2) is 9.84 Å². The van der Waals surface area contributed by atoms with Crippen LogP contribution in [0.25, 0.3) is 0 Å². The van der Waals surface area contributed by atoms with Crippen LogP contribution in [0.5, 0.6) is 5.75 Å². The van der Waals surface area contributed by atoms with Gasteiger partial charge in [-0.1, -0.05) is 6.07 Å². The molecule has 29 heavy (non-hydrogen) atoms. The van der Waals surface area contributed by atoms with E-state index in [2.05, 4.69) is 14.5 Å². The fourth-order valence-corrected chi connectivity index (χ4v) is 3.64. The molecule has 0 saturated heterocycles. The molecule has 0 atom stereocenters. The Morgan fingerprint density at radius 3 is 2.38 bits per heavy atom. The van der Waals surface area contributed by atoms with Crippen molar-refractivity contribution < 1.29 is 39.0 Å². The summed E-state index contributed by atoms with van der Waals surface area (Å²) in [5.41, 5.74) is -5.07. The fourth-order valence-electron chi connectivity index (χ4n) is 2.19. The number of aryl methyl sites for hydroxylation is 1. The van der Waals surface area contributed by atoms with Crippen molar-refractivity contribution in [3.8, 4) is 5.75 Å². The molecule has 2 aromatic rings. The zero-order valence-corrected chi connectivity index (χ0v) is 16.7. The van der Waals surface area contributed by atoms with Gasteiger partial charge in [0, 0.05) is 30.1 Å². The number of nitrogens with zero attached hydrogens (tertiary/aromatic N) is 1. The summed E-state index contributed by atoms with van der Waals surface area (Å²) in [7, 11) is -9.39. The van der Waals surface area contributed by atoms with Crippen LogP contribution in [0.4, 0.5) is 13.2 Å². The number of amides is 1. The van der Waals surface area contributed by atoms with Gasteiger partial charge in [0.1, 0.15) is 5.75 Å². The highest BCUT2D eigenvalue weighted by atomic mass is 32.2. The molecular formula is C16H15F3N2O6S2. The number of carbonyl (C=O) groups is 1. The maximum Gasteiger partial charge on any atom is 0.534 e. The lowest BCUT2D eigenvalue weighted by atomic mass is 10.1. The van der Waals surface area contributed by atoms with Gasteiger partial charge in [-0.3, -0.25) is 9.78 Å². The number of benzene rings is 1. The van der Waals surface area contributed by atoms with E-state index < -0.39 is 37.1 Å². The van der Waals surface area contributed by atoms with Crippen LogP contribution >= 0.6 is 0 Å². The molecule has 0 saturated carbocycles. The number of aromatic nitrogens is 1. The van der Waals surface area contributed by atoms with Crippen molar-refractivity contribution in [2.45, 2.75) is 23.9 Å². The molecule has 8 nitrogen and oxygen atoms in total. The third-order valence-electron chi connectivity index (χ3n) is 3.56. The first kappa shape index (κ1) is 22.6. The summed E-state index contributed by atoms with van der Waals surface area (Å²) in [5, 5.41) is 2.41. The van der Waals surface area contributed by atoms with Gasteiger partial charge < -0.3 is 9.50 Å². The van der Waals surface area contributed by atoms with E-state index in [4.69, 9.17) is 0 Å². The Morgan fingerprint density at radius 2 is 1.79 bits per heavy atom. The summed E-state index contributed by atoms with van der Waals surface area (Å²) in [5.74, 6) is -1.29. The predicted octanol–water partition coefficient (Wildman–Crippen LogP) is 1.95. The Balaban J connectivity index is 2.14. The first-order valence-electron chi connectivity index (χ1n) is 7.75. The van der Waals surface area contributed by atoms with Gasteiger partial charge in [0.2, 0.25) is 0 Å². The van der Waals surface area contributed by atoms with Gasteiger partial charge in [-0.25, -0.2) is 8.42 Å². The largest absolute Gasteiger partial charge is 0.534 e. The van der Waals surface area contributed by atoms with Crippen molar-refractivity contribution in [2.75, 3.05) is 6.26 Å². The van der Waals surface area contributed by atoms with Crippen LogP contribution in [0.1, 0.15) is 21.6 Å². The molecule has 13 heteroatoms. The van der Waals surface area contributed by atoms with Crippen molar-refractivity contribution in [1.29, 1.82) is 0 Å². The Kier molecular flexibility index (Phi) is 6.23. The topological polar surface area (TPSA) is 120 Å². The first-order chi connectivity index (χ1) is 13.2. The van der Waals surface area contributed by atoms with Crippen molar-refractivity contribution >= 4 is 25.9 Å². The van der Waals surface area contributed by atoms with Crippen LogP contribution in [-0.4, -0.2) is 39.5 Å². The molecule has 1 heterocycles. The molecule has 1 aromatic carbocycles. The third kappa shape index (κ3) is 5.67. The molecule has 0 unspecified atom stereocenters. The second-order valence-electron chi connectivity index (χ2n) is 5.90. The van der Waals surface area contributed by atoms with Crippen LogP contribution in [0, 0.1) is 6.92 Å². The van der Waals surface area contributed by atoms with Crippen LogP contribution < -0.4 is 9.50 Å². The van der Waals surface area contributed by atoms with Gasteiger partial charge in [-0.15, -0.1) is 0 Å². The fraction of sp³-hybridized carbons (Fsp3) is 0.250. The van der Waals surface area contributed by atoms with Gasteiger partial charge in [-0.05, 0) is 24.6 Å². The molecular weight excluding hydrogens is 437 g/mol. The lowest BCUT2D eigenvalue weighted by Gasteiger charge is -2.11. The quantitative estimate of drug-likeness (QED) is 0.526. The summed E-state index contributed by atoms with van der Waals surface area (Å²) in [6.07, 6.45) is 2.01. The minimum atomic E-state index is -5.84. The molecule has 0 aliphatic rings. The lowest BCUT2D eigenvalue weighted by Crippen LogP contribution is -2.28. The Hall–Kier alpha value is -2.67. The minimum Gasteiger partial charge on any atom is -0.376 e. The van der Waals surface area contributed by atoms with Gasteiger partial charge in [0.25, 0.3) is 5.91 Å². The molecule has 0 aliphatic carbocycles. The summed E-state index contributed by atoms with van der Waals surface area (Å²) in [6, 6.07) is 5.89.